The molecule has 0 aliphatic carbocycles. The van der Waals surface area contributed by atoms with Gasteiger partial charge in [-0.1, -0.05) is 17.7 Å². The second kappa shape index (κ2) is 6.54. The van der Waals surface area contributed by atoms with Crippen LogP contribution in [0.25, 0.3) is 0 Å². The molecule has 0 aliphatic rings. The number of rotatable bonds is 4. The Morgan fingerprint density at radius 2 is 1.95 bits per heavy atom. The van der Waals surface area contributed by atoms with Gasteiger partial charge in [-0.15, -0.1) is 0 Å². The summed E-state index contributed by atoms with van der Waals surface area (Å²) >= 11 is 5.66. The van der Waals surface area contributed by atoms with Gasteiger partial charge in [-0.2, -0.15) is 0 Å². The second-order valence-electron chi connectivity index (χ2n) is 4.28. The van der Waals surface area contributed by atoms with Crippen LogP contribution in [-0.2, 0) is 11.3 Å². The lowest BCUT2D eigenvalue weighted by atomic mass is 10.1. The van der Waals surface area contributed by atoms with Gasteiger partial charge in [-0.3, -0.25) is 0 Å². The molecule has 6 heteroatoms. The first-order valence-electron chi connectivity index (χ1n) is 6.07. The molecule has 2 aromatic rings. The molecule has 3 nitrogen and oxygen atoms in total. The van der Waals surface area contributed by atoms with Gasteiger partial charge in [0.15, 0.2) is 0 Å². The zero-order valence-corrected chi connectivity index (χ0v) is 11.9. The Labute approximate surface area is 125 Å². The van der Waals surface area contributed by atoms with Gasteiger partial charge in [-0.25, -0.2) is 13.6 Å². The highest BCUT2D eigenvalue weighted by Crippen LogP contribution is 2.20. The molecule has 0 unspecified atom stereocenters. The Balaban J connectivity index is 2.17. The molecule has 2 aromatic carbocycles. The Hall–Kier alpha value is -2.14. The molecule has 0 aromatic heterocycles. The molecule has 0 aliphatic heterocycles. The molecule has 0 spiro atoms. The SMILES string of the molecule is COC(=O)c1ccc(F)c(NCc2ccc(Cl)cc2F)c1. The number of carbonyl (C=O) groups is 1. The van der Waals surface area contributed by atoms with Crippen molar-refractivity contribution in [1.29, 1.82) is 0 Å². The van der Waals surface area contributed by atoms with Crippen LogP contribution >= 0.6 is 11.6 Å². The van der Waals surface area contributed by atoms with Gasteiger partial charge in [0, 0.05) is 17.1 Å². The molecule has 1 N–H and O–H groups in total. The van der Waals surface area contributed by atoms with E-state index in [0.29, 0.717) is 5.56 Å². The van der Waals surface area contributed by atoms with Gasteiger partial charge in [0.25, 0.3) is 0 Å². The zero-order chi connectivity index (χ0) is 15.4. The first-order valence-corrected chi connectivity index (χ1v) is 6.44. The van der Waals surface area contributed by atoms with Gasteiger partial charge >= 0.3 is 5.97 Å². The Kier molecular flexibility index (Phi) is 4.75. The second-order valence-corrected chi connectivity index (χ2v) is 4.71. The molecular formula is C15H12ClF2NO2. The molecule has 0 heterocycles. The van der Waals surface area contributed by atoms with E-state index in [9.17, 15) is 13.6 Å². The number of hydrogen-bond donors (Lipinski definition) is 1. The molecule has 0 radical (unpaired) electrons. The maximum Gasteiger partial charge on any atom is 0.337 e. The van der Waals surface area contributed by atoms with Crippen molar-refractivity contribution in [2.75, 3.05) is 12.4 Å². The first-order chi connectivity index (χ1) is 10.0. The van der Waals surface area contributed by atoms with Crippen molar-refractivity contribution >= 4 is 23.3 Å². The van der Waals surface area contributed by atoms with E-state index in [1.165, 1.54) is 31.4 Å². The molecule has 21 heavy (non-hydrogen) atoms. The minimum Gasteiger partial charge on any atom is -0.465 e. The van der Waals surface area contributed by atoms with Gasteiger partial charge < -0.3 is 10.1 Å². The van der Waals surface area contributed by atoms with Crippen LogP contribution in [0, 0.1) is 11.6 Å². The third kappa shape index (κ3) is 3.70. The van der Waals surface area contributed by atoms with E-state index in [-0.39, 0.29) is 22.8 Å². The van der Waals surface area contributed by atoms with Crippen molar-refractivity contribution in [3.8, 4) is 0 Å². The monoisotopic (exact) mass is 311 g/mol. The maximum atomic E-state index is 13.7. The Morgan fingerprint density at radius 1 is 1.19 bits per heavy atom. The van der Waals surface area contributed by atoms with Crippen LogP contribution in [-0.4, -0.2) is 13.1 Å². The van der Waals surface area contributed by atoms with Crippen LogP contribution in [0.1, 0.15) is 15.9 Å². The van der Waals surface area contributed by atoms with Gasteiger partial charge in [0.2, 0.25) is 0 Å². The minimum atomic E-state index is -0.573. The summed E-state index contributed by atoms with van der Waals surface area (Å²) in [5, 5.41) is 3.03. The number of esters is 1. The van der Waals surface area contributed by atoms with Crippen molar-refractivity contribution < 1.29 is 18.3 Å². The van der Waals surface area contributed by atoms with Gasteiger partial charge in [0.1, 0.15) is 11.6 Å². The average Bonchev–Trinajstić information content (AvgIpc) is 2.47. The number of methoxy groups -OCH3 is 1. The fourth-order valence-corrected chi connectivity index (χ4v) is 1.92. The van der Waals surface area contributed by atoms with Crippen LogP contribution in [0.2, 0.25) is 5.02 Å². The zero-order valence-electron chi connectivity index (χ0n) is 11.1. The number of nitrogens with one attached hydrogen (secondary N) is 1. The predicted molar refractivity (Wildman–Crippen MR) is 76.5 cm³/mol. The lowest BCUT2D eigenvalue weighted by Crippen LogP contribution is -2.06. The highest BCUT2D eigenvalue weighted by atomic mass is 35.5. The van der Waals surface area contributed by atoms with Crippen molar-refractivity contribution in [3.63, 3.8) is 0 Å². The van der Waals surface area contributed by atoms with E-state index in [1.807, 2.05) is 0 Å². The van der Waals surface area contributed by atoms with Crippen LogP contribution < -0.4 is 5.32 Å². The van der Waals surface area contributed by atoms with E-state index in [4.69, 9.17) is 11.6 Å². The lowest BCUT2D eigenvalue weighted by molar-refractivity contribution is 0.0600. The largest absolute Gasteiger partial charge is 0.465 e. The summed E-state index contributed by atoms with van der Waals surface area (Å²) in [5.41, 5.74) is 0.632. The maximum absolute atomic E-state index is 13.7. The molecule has 0 amide bonds. The van der Waals surface area contributed by atoms with E-state index >= 15 is 0 Å². The standard InChI is InChI=1S/C15H12ClF2NO2/c1-21-15(20)9-3-5-12(17)14(6-9)19-8-10-2-4-11(16)7-13(10)18/h2-7,19H,8H2,1H3. The van der Waals surface area contributed by atoms with Gasteiger partial charge in [0.05, 0.1) is 18.4 Å². The predicted octanol–water partition coefficient (Wildman–Crippen LogP) is 4.02. The summed E-state index contributed by atoms with van der Waals surface area (Å²) < 4.78 is 31.9. The third-order valence-corrected chi connectivity index (χ3v) is 3.11. The summed E-state index contributed by atoms with van der Waals surface area (Å²) in [6.07, 6.45) is 0. The molecule has 0 fully saturated rings. The molecule has 0 atom stereocenters. The molecule has 0 saturated heterocycles. The lowest BCUT2D eigenvalue weighted by Gasteiger charge is -2.10. The van der Waals surface area contributed by atoms with E-state index < -0.39 is 17.6 Å². The summed E-state index contributed by atoms with van der Waals surface area (Å²) in [7, 11) is 1.24. The van der Waals surface area contributed by atoms with Crippen LogP contribution in [0.15, 0.2) is 36.4 Å². The summed E-state index contributed by atoms with van der Waals surface area (Å²) in [5.74, 6) is -1.60. The van der Waals surface area contributed by atoms with Crippen molar-refractivity contribution in [2.45, 2.75) is 6.54 Å². The highest BCUT2D eigenvalue weighted by molar-refractivity contribution is 6.30. The molecule has 0 saturated carbocycles. The van der Waals surface area contributed by atoms with Crippen LogP contribution in [0.5, 0.6) is 0 Å². The number of benzene rings is 2. The number of anilines is 1. The van der Waals surface area contributed by atoms with Crippen molar-refractivity contribution in [3.05, 3.63) is 64.2 Å². The topological polar surface area (TPSA) is 38.3 Å². The fourth-order valence-electron chi connectivity index (χ4n) is 1.76. The third-order valence-electron chi connectivity index (χ3n) is 2.87. The molecule has 110 valence electrons. The van der Waals surface area contributed by atoms with Crippen LogP contribution in [0.4, 0.5) is 14.5 Å². The number of halogens is 3. The van der Waals surface area contributed by atoms with Gasteiger partial charge in [-0.05, 0) is 30.3 Å². The Morgan fingerprint density at radius 3 is 2.62 bits per heavy atom. The van der Waals surface area contributed by atoms with Crippen molar-refractivity contribution in [1.82, 2.24) is 0 Å². The smallest absolute Gasteiger partial charge is 0.337 e. The van der Waals surface area contributed by atoms with E-state index in [1.54, 1.807) is 6.07 Å². The summed E-state index contributed by atoms with van der Waals surface area (Å²) in [6.45, 7) is 0.0601. The number of ether oxygens (including phenoxy) is 1. The molecule has 2 rings (SSSR count). The summed E-state index contributed by atoms with van der Waals surface area (Å²) in [4.78, 5) is 11.4. The summed E-state index contributed by atoms with van der Waals surface area (Å²) in [6, 6.07) is 8.01. The number of hydrogen-bond acceptors (Lipinski definition) is 3. The number of carbonyl (C=O) groups excluding carboxylic acids is 1. The normalized spacial score (nSPS) is 10.3. The van der Waals surface area contributed by atoms with Crippen LogP contribution in [0.3, 0.4) is 0 Å². The minimum absolute atomic E-state index is 0.0601. The molecular weight excluding hydrogens is 300 g/mol. The quantitative estimate of drug-likeness (QED) is 0.867. The average molecular weight is 312 g/mol. The first kappa shape index (κ1) is 15.3. The molecule has 0 bridgehead atoms. The fraction of sp³-hybridized carbons (Fsp3) is 0.133. The highest BCUT2D eigenvalue weighted by Gasteiger charge is 2.10. The Bertz CT molecular complexity index is 677. The van der Waals surface area contributed by atoms with E-state index in [2.05, 4.69) is 10.1 Å². The van der Waals surface area contributed by atoms with Crippen molar-refractivity contribution in [2.24, 2.45) is 0 Å². The van der Waals surface area contributed by atoms with E-state index in [0.717, 1.165) is 6.07 Å².